The first-order valence-electron chi connectivity index (χ1n) is 13.9. The van der Waals surface area contributed by atoms with Crippen molar-refractivity contribution in [2.24, 2.45) is 17.2 Å². The first kappa shape index (κ1) is 39.1. The van der Waals surface area contributed by atoms with E-state index in [4.69, 9.17) is 27.4 Å². The van der Waals surface area contributed by atoms with Gasteiger partial charge in [-0.3, -0.25) is 28.8 Å². The van der Waals surface area contributed by atoms with Crippen molar-refractivity contribution in [1.29, 1.82) is 0 Å². The summed E-state index contributed by atoms with van der Waals surface area (Å²) >= 11 is 0. The van der Waals surface area contributed by atoms with Gasteiger partial charge in [-0.2, -0.15) is 0 Å². The number of carboxylic acid groups (broad SMARTS) is 3. The number of rotatable bonds is 24. The number of nitrogens with one attached hydrogen (secondary N) is 4. The molecule has 14 N–H and O–H groups in total. The number of nitrogens with two attached hydrogens (primary N) is 3. The topological polar surface area (TPSA) is 327 Å². The summed E-state index contributed by atoms with van der Waals surface area (Å²) in [7, 11) is 0. The van der Waals surface area contributed by atoms with Crippen molar-refractivity contribution >= 4 is 41.5 Å². The average molecular weight is 620 g/mol. The Morgan fingerprint density at radius 1 is 0.535 bits per heavy atom. The van der Waals surface area contributed by atoms with Gasteiger partial charge in [0, 0.05) is 12.8 Å². The number of aliphatic hydroxyl groups excluding tert-OH is 1. The number of carboxylic acids is 3. The zero-order chi connectivity index (χ0) is 32.9. The molecule has 0 aromatic rings. The molecule has 0 saturated heterocycles. The summed E-state index contributed by atoms with van der Waals surface area (Å²) in [5, 5.41) is 46.2. The Balaban J connectivity index is 5.73. The first-order valence-corrected chi connectivity index (χ1v) is 13.9. The van der Waals surface area contributed by atoms with Crippen molar-refractivity contribution in [3.63, 3.8) is 0 Å². The number of amides is 4. The summed E-state index contributed by atoms with van der Waals surface area (Å²) in [6, 6.07) is -6.98. The first-order chi connectivity index (χ1) is 20.3. The van der Waals surface area contributed by atoms with Crippen LogP contribution in [0.3, 0.4) is 0 Å². The van der Waals surface area contributed by atoms with Crippen LogP contribution in [-0.2, 0) is 33.6 Å². The Morgan fingerprint density at radius 3 is 1.37 bits per heavy atom. The van der Waals surface area contributed by atoms with Crippen molar-refractivity contribution in [3.05, 3.63) is 0 Å². The van der Waals surface area contributed by atoms with Gasteiger partial charge in [-0.05, 0) is 64.5 Å². The number of aliphatic hydroxyl groups is 1. The van der Waals surface area contributed by atoms with Gasteiger partial charge >= 0.3 is 17.9 Å². The van der Waals surface area contributed by atoms with Crippen LogP contribution in [0.15, 0.2) is 0 Å². The Hall–Kier alpha value is -3.87. The number of aliphatic carboxylic acids is 3. The Bertz CT molecular complexity index is 951. The molecule has 0 spiro atoms. The third-order valence-electron chi connectivity index (χ3n) is 6.24. The van der Waals surface area contributed by atoms with Crippen molar-refractivity contribution in [2.45, 2.75) is 94.4 Å². The summed E-state index contributed by atoms with van der Waals surface area (Å²) in [5.41, 5.74) is 16.6. The fourth-order valence-electron chi connectivity index (χ4n) is 3.75. The van der Waals surface area contributed by atoms with E-state index in [1.165, 1.54) is 0 Å². The monoisotopic (exact) mass is 619 g/mol. The molecule has 0 aliphatic rings. The van der Waals surface area contributed by atoms with Gasteiger partial charge < -0.3 is 58.9 Å². The summed E-state index contributed by atoms with van der Waals surface area (Å²) in [5.74, 6) is -7.56. The molecule has 0 heterocycles. The number of carbonyl (C=O) groups excluding carboxylic acids is 4. The lowest BCUT2D eigenvalue weighted by Crippen LogP contribution is -2.59. The fraction of sp³-hybridized carbons (Fsp3) is 0.720. The molecule has 43 heavy (non-hydrogen) atoms. The van der Waals surface area contributed by atoms with Gasteiger partial charge in [-0.15, -0.1) is 0 Å². The zero-order valence-corrected chi connectivity index (χ0v) is 24.0. The maximum Gasteiger partial charge on any atom is 0.326 e. The molecular formula is C25H45N7O11. The molecule has 0 unspecified atom stereocenters. The van der Waals surface area contributed by atoms with Crippen molar-refractivity contribution in [1.82, 2.24) is 21.3 Å². The van der Waals surface area contributed by atoms with E-state index in [2.05, 4.69) is 21.3 Å². The van der Waals surface area contributed by atoms with Crippen LogP contribution in [0.5, 0.6) is 0 Å². The van der Waals surface area contributed by atoms with Gasteiger partial charge in [0.2, 0.25) is 23.6 Å². The van der Waals surface area contributed by atoms with Crippen LogP contribution >= 0.6 is 0 Å². The van der Waals surface area contributed by atoms with Crippen molar-refractivity contribution < 1.29 is 54.0 Å². The van der Waals surface area contributed by atoms with E-state index in [0.29, 0.717) is 32.2 Å². The molecule has 4 amide bonds. The second-order valence-electron chi connectivity index (χ2n) is 9.81. The number of hydrogen-bond acceptors (Lipinski definition) is 11. The number of unbranched alkanes of at least 4 members (excludes halogenated alkanes) is 2. The molecule has 0 rings (SSSR count). The molecule has 18 nitrogen and oxygen atoms in total. The van der Waals surface area contributed by atoms with Crippen molar-refractivity contribution in [3.8, 4) is 0 Å². The maximum absolute atomic E-state index is 13.2. The Labute approximate surface area is 248 Å². The normalized spacial score (nSPS) is 14.3. The minimum Gasteiger partial charge on any atom is -0.481 e. The predicted octanol–water partition coefficient (Wildman–Crippen LogP) is -3.68. The van der Waals surface area contributed by atoms with E-state index in [1.54, 1.807) is 0 Å². The summed E-state index contributed by atoms with van der Waals surface area (Å²) in [4.78, 5) is 84.8. The van der Waals surface area contributed by atoms with Crippen LogP contribution in [-0.4, -0.2) is 112 Å². The van der Waals surface area contributed by atoms with Crippen LogP contribution in [0, 0.1) is 0 Å². The third-order valence-corrected chi connectivity index (χ3v) is 6.24. The second kappa shape index (κ2) is 21.8. The molecule has 0 saturated carbocycles. The van der Waals surface area contributed by atoms with Crippen LogP contribution in [0.25, 0.3) is 0 Å². The van der Waals surface area contributed by atoms with Gasteiger partial charge in [0.05, 0.1) is 12.6 Å². The van der Waals surface area contributed by atoms with Gasteiger partial charge in [0.1, 0.15) is 24.2 Å². The van der Waals surface area contributed by atoms with E-state index in [-0.39, 0.29) is 25.8 Å². The lowest BCUT2D eigenvalue weighted by molar-refractivity contribution is -0.143. The molecule has 0 bridgehead atoms. The number of hydrogen-bond donors (Lipinski definition) is 11. The quantitative estimate of drug-likeness (QED) is 0.0464. The minimum atomic E-state index is -1.57. The van der Waals surface area contributed by atoms with Crippen LogP contribution in [0.4, 0.5) is 0 Å². The highest BCUT2D eigenvalue weighted by molar-refractivity contribution is 5.95. The molecule has 0 aromatic carbocycles. The van der Waals surface area contributed by atoms with E-state index in [0.717, 1.165) is 0 Å². The highest BCUT2D eigenvalue weighted by Gasteiger charge is 2.31. The number of carbonyl (C=O) groups is 7. The molecule has 18 heteroatoms. The molecule has 0 radical (unpaired) electrons. The van der Waals surface area contributed by atoms with Gasteiger partial charge in [0.25, 0.3) is 0 Å². The maximum atomic E-state index is 13.2. The minimum absolute atomic E-state index is 0.00308. The predicted molar refractivity (Wildman–Crippen MR) is 150 cm³/mol. The molecule has 5 atom stereocenters. The van der Waals surface area contributed by atoms with Crippen LogP contribution in [0.1, 0.15) is 64.2 Å². The molecular weight excluding hydrogens is 574 g/mol. The lowest BCUT2D eigenvalue weighted by Gasteiger charge is -2.26. The fourth-order valence-corrected chi connectivity index (χ4v) is 3.75. The van der Waals surface area contributed by atoms with E-state index >= 15 is 0 Å². The smallest absolute Gasteiger partial charge is 0.326 e. The second-order valence-corrected chi connectivity index (χ2v) is 9.81. The Kier molecular flexibility index (Phi) is 19.8. The standard InChI is InChI=1S/C25H45N7O11/c26-11-3-1-5-15(29-24(41)18(13-33)32-21(38)14(28)7-9-19(34)35)22(39)30-16(8-10-20(36)37)23(40)31-17(25(42)43)6-2-4-12-27/h14-18,33H,1-13,26-28H2,(H,29,41)(H,30,39)(H,31,40)(H,32,38)(H,34,35)(H,36,37)(H,42,43)/t14-,15-,16-,17-,18-/m0/s1. The lowest BCUT2D eigenvalue weighted by atomic mass is 10.0. The van der Waals surface area contributed by atoms with Crippen molar-refractivity contribution in [2.75, 3.05) is 19.7 Å². The van der Waals surface area contributed by atoms with Crippen LogP contribution < -0.4 is 38.5 Å². The molecule has 0 aromatic heterocycles. The average Bonchev–Trinajstić information content (AvgIpc) is 2.94. The largest absolute Gasteiger partial charge is 0.481 e. The van der Waals surface area contributed by atoms with E-state index < -0.39 is 97.6 Å². The van der Waals surface area contributed by atoms with Gasteiger partial charge in [-0.25, -0.2) is 4.79 Å². The summed E-state index contributed by atoms with van der Waals surface area (Å²) in [6.45, 7) is -0.325. The molecule has 0 aliphatic carbocycles. The highest BCUT2D eigenvalue weighted by Crippen LogP contribution is 2.07. The molecule has 246 valence electrons. The van der Waals surface area contributed by atoms with Gasteiger partial charge in [0.15, 0.2) is 0 Å². The molecule has 0 aliphatic heterocycles. The molecule has 0 fully saturated rings. The van der Waals surface area contributed by atoms with Gasteiger partial charge in [-0.1, -0.05) is 0 Å². The van der Waals surface area contributed by atoms with E-state index in [9.17, 15) is 43.8 Å². The summed E-state index contributed by atoms with van der Waals surface area (Å²) in [6.07, 6.45) is 0.140. The van der Waals surface area contributed by atoms with Crippen LogP contribution in [0.2, 0.25) is 0 Å². The summed E-state index contributed by atoms with van der Waals surface area (Å²) < 4.78 is 0. The van der Waals surface area contributed by atoms with E-state index in [1.807, 2.05) is 0 Å². The zero-order valence-electron chi connectivity index (χ0n) is 24.0. The third kappa shape index (κ3) is 17.0. The highest BCUT2D eigenvalue weighted by atomic mass is 16.4. The SMILES string of the molecule is NCCCC[C@H](NC(=O)[C@H](CCC(=O)O)NC(=O)[C@H](CCCCN)NC(=O)[C@H](CO)NC(=O)[C@@H](N)CCC(=O)O)C(=O)O. The Morgan fingerprint density at radius 2 is 0.930 bits per heavy atom.